The molecule has 1 unspecified atom stereocenters. The maximum atomic E-state index is 10.6. The molecular weight excluding hydrogens is 194 g/mol. The molecule has 6 heteroatoms. The lowest BCUT2D eigenvalue weighted by Crippen LogP contribution is -2.25. The number of nitrogens with zero attached hydrogens (tertiary/aromatic N) is 3. The highest BCUT2D eigenvalue weighted by Gasteiger charge is 2.24. The fraction of sp³-hybridized carbons (Fsp3) is 0.571. The normalized spacial score (nSPS) is 20.2. The number of hydrogen-bond acceptors (Lipinski definition) is 3. The quantitative estimate of drug-likeness (QED) is 0.715. The summed E-state index contributed by atoms with van der Waals surface area (Å²) < 4.78 is 1.90. The molecule has 1 N–H and O–H groups in total. The van der Waals surface area contributed by atoms with Crippen LogP contribution in [0.3, 0.4) is 0 Å². The molecule has 1 atom stereocenters. The lowest BCUT2D eigenvalue weighted by molar-refractivity contribution is -0.142. The molecule has 5 nitrogen and oxygen atoms in total. The van der Waals surface area contributed by atoms with Crippen LogP contribution < -0.4 is 0 Å². The van der Waals surface area contributed by atoms with E-state index >= 15 is 0 Å². The van der Waals surface area contributed by atoms with E-state index in [0.717, 1.165) is 12.4 Å². The third-order valence-corrected chi connectivity index (χ3v) is 2.19. The van der Waals surface area contributed by atoms with Gasteiger partial charge in [-0.3, -0.25) is 4.79 Å². The number of aromatic nitrogens is 3. The molecule has 13 heavy (non-hydrogen) atoms. The predicted molar refractivity (Wildman–Crippen MR) is 46.7 cm³/mol. The number of rotatable bonds is 1. The second kappa shape index (κ2) is 3.74. The van der Waals surface area contributed by atoms with Crippen LogP contribution in [0.25, 0.3) is 0 Å². The second-order valence-electron chi connectivity index (χ2n) is 2.97. The first kappa shape index (κ1) is 9.98. The third-order valence-electron chi connectivity index (χ3n) is 2.19. The van der Waals surface area contributed by atoms with Gasteiger partial charge in [-0.1, -0.05) is 0 Å². The van der Waals surface area contributed by atoms with Crippen molar-refractivity contribution in [3.63, 3.8) is 0 Å². The summed E-state index contributed by atoms with van der Waals surface area (Å²) in [6, 6.07) is 0. The minimum Gasteiger partial charge on any atom is -0.481 e. The van der Waals surface area contributed by atoms with Gasteiger partial charge in [-0.15, -0.1) is 22.6 Å². The molecule has 1 aliphatic heterocycles. The Morgan fingerprint density at radius 3 is 3.15 bits per heavy atom. The van der Waals surface area contributed by atoms with Crippen LogP contribution in [0.2, 0.25) is 0 Å². The molecule has 0 saturated carbocycles. The van der Waals surface area contributed by atoms with Crippen molar-refractivity contribution in [1.29, 1.82) is 0 Å². The van der Waals surface area contributed by atoms with Gasteiger partial charge in [0.2, 0.25) is 0 Å². The minimum atomic E-state index is -0.732. The Balaban J connectivity index is 0.000000845. The van der Waals surface area contributed by atoms with Crippen molar-refractivity contribution in [1.82, 2.24) is 14.8 Å². The number of halogens is 1. The molecule has 2 rings (SSSR count). The second-order valence-corrected chi connectivity index (χ2v) is 2.97. The number of aliphatic carboxylic acids is 1. The molecule has 0 spiro atoms. The first-order valence-corrected chi connectivity index (χ1v) is 3.87. The van der Waals surface area contributed by atoms with Gasteiger partial charge in [0.15, 0.2) is 0 Å². The van der Waals surface area contributed by atoms with E-state index < -0.39 is 5.97 Å². The molecule has 0 radical (unpaired) electrons. The average Bonchev–Trinajstić information content (AvgIpc) is 2.49. The molecule has 1 aromatic rings. The summed E-state index contributed by atoms with van der Waals surface area (Å²) in [7, 11) is 0. The smallest absolute Gasteiger partial charge is 0.307 e. The van der Waals surface area contributed by atoms with Crippen LogP contribution in [-0.2, 0) is 17.8 Å². The van der Waals surface area contributed by atoms with E-state index in [1.165, 1.54) is 0 Å². The molecule has 0 aliphatic carbocycles. The van der Waals surface area contributed by atoms with Crippen LogP contribution in [0.4, 0.5) is 0 Å². The van der Waals surface area contributed by atoms with Gasteiger partial charge in [-0.25, -0.2) is 0 Å². The molecule has 0 aromatic carbocycles. The van der Waals surface area contributed by atoms with E-state index in [4.69, 9.17) is 5.11 Å². The highest BCUT2D eigenvalue weighted by atomic mass is 35.5. The highest BCUT2D eigenvalue weighted by Crippen LogP contribution is 2.17. The molecule has 72 valence electrons. The summed E-state index contributed by atoms with van der Waals surface area (Å²) in [4.78, 5) is 10.6. The van der Waals surface area contributed by atoms with E-state index in [1.54, 1.807) is 6.33 Å². The van der Waals surface area contributed by atoms with Gasteiger partial charge >= 0.3 is 5.97 Å². The van der Waals surface area contributed by atoms with Crippen molar-refractivity contribution < 1.29 is 9.90 Å². The Morgan fingerprint density at radius 2 is 2.46 bits per heavy atom. The number of fused-ring (bicyclic) bond motifs is 1. The lowest BCUT2D eigenvalue weighted by atomic mass is 9.98. The van der Waals surface area contributed by atoms with Crippen LogP contribution in [0.15, 0.2) is 6.33 Å². The summed E-state index contributed by atoms with van der Waals surface area (Å²) >= 11 is 0. The molecule has 2 heterocycles. The van der Waals surface area contributed by atoms with Gasteiger partial charge < -0.3 is 9.67 Å². The fourth-order valence-electron chi connectivity index (χ4n) is 1.45. The van der Waals surface area contributed by atoms with Crippen molar-refractivity contribution >= 4 is 18.4 Å². The lowest BCUT2D eigenvalue weighted by Gasteiger charge is -2.18. The van der Waals surface area contributed by atoms with Gasteiger partial charge in [0.25, 0.3) is 0 Å². The van der Waals surface area contributed by atoms with E-state index in [9.17, 15) is 4.79 Å². The number of aryl methyl sites for hydroxylation is 1. The summed E-state index contributed by atoms with van der Waals surface area (Å²) in [5.74, 6) is -0.223. The number of carboxylic acid groups (broad SMARTS) is 1. The summed E-state index contributed by atoms with van der Waals surface area (Å²) in [6.45, 7) is 0.722. The SMILES string of the molecule is Cl.O=C(O)C1CCn2cnnc2C1. The molecule has 1 aromatic heterocycles. The van der Waals surface area contributed by atoms with Crippen molar-refractivity contribution in [3.8, 4) is 0 Å². The predicted octanol–water partition coefficient (Wildman–Crippen LogP) is 0.347. The minimum absolute atomic E-state index is 0. The zero-order chi connectivity index (χ0) is 8.55. The number of carboxylic acids is 1. The topological polar surface area (TPSA) is 68.0 Å². The molecular formula is C7H10ClN3O2. The van der Waals surface area contributed by atoms with E-state index in [1.807, 2.05) is 4.57 Å². The highest BCUT2D eigenvalue weighted by molar-refractivity contribution is 5.85. The van der Waals surface area contributed by atoms with Gasteiger partial charge in [0.05, 0.1) is 5.92 Å². The molecule has 0 amide bonds. The number of carbonyl (C=O) groups is 1. The fourth-order valence-corrected chi connectivity index (χ4v) is 1.45. The Hall–Kier alpha value is -1.10. The summed E-state index contributed by atoms with van der Waals surface area (Å²) in [5.41, 5.74) is 0. The van der Waals surface area contributed by atoms with Gasteiger partial charge in [0.1, 0.15) is 12.2 Å². The van der Waals surface area contributed by atoms with Crippen molar-refractivity contribution in [2.24, 2.45) is 5.92 Å². The summed E-state index contributed by atoms with van der Waals surface area (Å²) in [6.07, 6.45) is 2.84. The van der Waals surface area contributed by atoms with E-state index in [-0.39, 0.29) is 18.3 Å². The van der Waals surface area contributed by atoms with Crippen molar-refractivity contribution in [2.45, 2.75) is 19.4 Å². The number of hydrogen-bond donors (Lipinski definition) is 1. The van der Waals surface area contributed by atoms with Crippen LogP contribution in [0.5, 0.6) is 0 Å². The van der Waals surface area contributed by atoms with Crippen molar-refractivity contribution in [2.75, 3.05) is 0 Å². The van der Waals surface area contributed by atoms with Crippen LogP contribution in [0.1, 0.15) is 12.2 Å². The van der Waals surface area contributed by atoms with Crippen LogP contribution in [0, 0.1) is 5.92 Å². The maximum absolute atomic E-state index is 10.6. The Morgan fingerprint density at radius 1 is 1.69 bits per heavy atom. The Labute approximate surface area is 81.2 Å². The van der Waals surface area contributed by atoms with Crippen molar-refractivity contribution in [3.05, 3.63) is 12.2 Å². The van der Waals surface area contributed by atoms with Gasteiger partial charge in [0, 0.05) is 13.0 Å². The molecule has 0 bridgehead atoms. The van der Waals surface area contributed by atoms with E-state index in [2.05, 4.69) is 10.2 Å². The first-order chi connectivity index (χ1) is 5.77. The standard InChI is InChI=1S/C7H9N3O2.ClH/c11-7(12)5-1-2-10-4-8-9-6(10)3-5;/h4-5H,1-3H2,(H,11,12);1H. The largest absolute Gasteiger partial charge is 0.481 e. The Kier molecular flexibility index (Phi) is 2.87. The van der Waals surface area contributed by atoms with Crippen LogP contribution >= 0.6 is 12.4 Å². The van der Waals surface area contributed by atoms with Gasteiger partial charge in [-0.2, -0.15) is 0 Å². The first-order valence-electron chi connectivity index (χ1n) is 3.87. The molecule has 1 aliphatic rings. The molecule has 0 fully saturated rings. The zero-order valence-electron chi connectivity index (χ0n) is 6.88. The monoisotopic (exact) mass is 203 g/mol. The average molecular weight is 204 g/mol. The third kappa shape index (κ3) is 1.80. The maximum Gasteiger partial charge on any atom is 0.307 e. The zero-order valence-corrected chi connectivity index (χ0v) is 7.70. The summed E-state index contributed by atoms with van der Waals surface area (Å²) in [5, 5.41) is 16.3. The van der Waals surface area contributed by atoms with Gasteiger partial charge in [-0.05, 0) is 6.42 Å². The van der Waals surface area contributed by atoms with E-state index in [0.29, 0.717) is 12.8 Å². The Bertz CT molecular complexity index is 312. The van der Waals surface area contributed by atoms with Crippen LogP contribution in [-0.4, -0.2) is 25.8 Å². The molecule has 0 saturated heterocycles.